The highest BCUT2D eigenvalue weighted by molar-refractivity contribution is 5.93. The zero-order valence-corrected chi connectivity index (χ0v) is 12.0. The fourth-order valence-corrected chi connectivity index (χ4v) is 1.63. The molecule has 5 heteroatoms. The first-order chi connectivity index (χ1) is 9.54. The van der Waals surface area contributed by atoms with Gasteiger partial charge >= 0.3 is 0 Å². The smallest absolute Gasteiger partial charge is 0.238 e. The van der Waals surface area contributed by atoms with Gasteiger partial charge in [-0.25, -0.2) is 0 Å². The molecule has 108 valence electrons. The Kier molecular flexibility index (Phi) is 6.46. The van der Waals surface area contributed by atoms with Crippen molar-refractivity contribution in [2.75, 3.05) is 25.5 Å². The Morgan fingerprint density at radius 3 is 2.70 bits per heavy atom. The summed E-state index contributed by atoms with van der Waals surface area (Å²) in [5, 5.41) is 5.78. The molecule has 1 rings (SSSR count). The van der Waals surface area contributed by atoms with Crippen molar-refractivity contribution < 1.29 is 9.59 Å². The number of anilines is 1. The van der Waals surface area contributed by atoms with Crippen molar-refractivity contribution in [1.82, 2.24) is 10.2 Å². The van der Waals surface area contributed by atoms with Crippen molar-refractivity contribution in [1.29, 1.82) is 0 Å². The molecule has 0 bridgehead atoms. The van der Waals surface area contributed by atoms with E-state index >= 15 is 0 Å². The van der Waals surface area contributed by atoms with Crippen molar-refractivity contribution in [3.8, 4) is 0 Å². The van der Waals surface area contributed by atoms with Gasteiger partial charge in [-0.2, -0.15) is 0 Å². The van der Waals surface area contributed by atoms with Crippen LogP contribution in [-0.2, 0) is 16.1 Å². The van der Waals surface area contributed by atoms with E-state index in [9.17, 15) is 9.59 Å². The van der Waals surface area contributed by atoms with Gasteiger partial charge in [0.15, 0.2) is 0 Å². The first kappa shape index (κ1) is 15.9. The normalized spacial score (nSPS) is 9.90. The maximum Gasteiger partial charge on any atom is 0.238 e. The lowest BCUT2D eigenvalue weighted by Gasteiger charge is -2.18. The van der Waals surface area contributed by atoms with Gasteiger partial charge in [0.2, 0.25) is 11.8 Å². The molecule has 0 radical (unpaired) electrons. The van der Waals surface area contributed by atoms with Crippen molar-refractivity contribution in [2.24, 2.45) is 0 Å². The van der Waals surface area contributed by atoms with Crippen molar-refractivity contribution in [3.05, 3.63) is 42.5 Å². The molecule has 20 heavy (non-hydrogen) atoms. The van der Waals surface area contributed by atoms with Crippen molar-refractivity contribution in [2.45, 2.75) is 13.5 Å². The van der Waals surface area contributed by atoms with Gasteiger partial charge in [-0.3, -0.25) is 9.59 Å². The van der Waals surface area contributed by atoms with Crippen LogP contribution in [0.5, 0.6) is 0 Å². The zero-order valence-electron chi connectivity index (χ0n) is 12.0. The van der Waals surface area contributed by atoms with Gasteiger partial charge in [0.1, 0.15) is 0 Å². The largest absolute Gasteiger partial charge is 0.342 e. The molecular weight excluding hydrogens is 254 g/mol. The number of para-hydroxylation sites is 1. The molecule has 0 saturated carbocycles. The highest BCUT2D eigenvalue weighted by Gasteiger charge is 2.09. The number of hydrogen-bond donors (Lipinski definition) is 2. The number of carbonyl (C=O) groups excluding carboxylic acids is 2. The van der Waals surface area contributed by atoms with E-state index in [1.165, 1.54) is 6.92 Å². The Labute approximate surface area is 119 Å². The third kappa shape index (κ3) is 5.24. The maximum atomic E-state index is 11.8. The first-order valence-electron chi connectivity index (χ1n) is 6.45. The molecule has 0 aliphatic rings. The molecule has 1 aromatic carbocycles. The van der Waals surface area contributed by atoms with E-state index in [2.05, 4.69) is 17.2 Å². The number of rotatable bonds is 7. The summed E-state index contributed by atoms with van der Waals surface area (Å²) >= 11 is 0. The van der Waals surface area contributed by atoms with Gasteiger partial charge in [0, 0.05) is 32.7 Å². The second-order valence-electron chi connectivity index (χ2n) is 4.50. The molecule has 0 aliphatic heterocycles. The first-order valence-corrected chi connectivity index (χ1v) is 6.45. The van der Waals surface area contributed by atoms with Crippen LogP contribution in [0.3, 0.4) is 0 Å². The molecule has 0 saturated heterocycles. The summed E-state index contributed by atoms with van der Waals surface area (Å²) in [6.07, 6.45) is 1.70. The Morgan fingerprint density at radius 1 is 1.35 bits per heavy atom. The number of nitrogens with zero attached hydrogens (tertiary/aromatic N) is 1. The molecule has 0 atom stereocenters. The molecule has 5 nitrogen and oxygen atoms in total. The van der Waals surface area contributed by atoms with Crippen LogP contribution in [0.4, 0.5) is 5.69 Å². The Morgan fingerprint density at radius 2 is 2.05 bits per heavy atom. The lowest BCUT2D eigenvalue weighted by atomic mass is 10.1. The lowest BCUT2D eigenvalue weighted by molar-refractivity contribution is -0.128. The number of benzene rings is 1. The molecule has 0 unspecified atom stereocenters. The highest BCUT2D eigenvalue weighted by Crippen LogP contribution is 2.16. The van der Waals surface area contributed by atoms with Crippen LogP contribution in [0.1, 0.15) is 12.5 Å². The minimum absolute atomic E-state index is 0.0150. The van der Waals surface area contributed by atoms with E-state index in [0.717, 1.165) is 11.3 Å². The third-order valence-electron chi connectivity index (χ3n) is 2.81. The molecule has 0 fully saturated rings. The standard InChI is InChI=1S/C15H21N3O2/c1-4-9-16-10-15(20)17-14-8-6-5-7-13(14)11-18(3)12(2)19/h4-8,16H,1,9-11H2,2-3H3,(H,17,20). The van der Waals surface area contributed by atoms with E-state index in [1.54, 1.807) is 18.0 Å². The maximum absolute atomic E-state index is 11.8. The molecule has 0 aromatic heterocycles. The monoisotopic (exact) mass is 275 g/mol. The molecule has 0 heterocycles. The van der Waals surface area contributed by atoms with Crippen LogP contribution in [0.2, 0.25) is 0 Å². The van der Waals surface area contributed by atoms with Crippen LogP contribution in [0.25, 0.3) is 0 Å². The average molecular weight is 275 g/mol. The molecular formula is C15H21N3O2. The fourth-order valence-electron chi connectivity index (χ4n) is 1.63. The molecule has 0 spiro atoms. The van der Waals surface area contributed by atoms with Gasteiger partial charge < -0.3 is 15.5 Å². The molecule has 2 N–H and O–H groups in total. The second kappa shape index (κ2) is 8.12. The van der Waals surface area contributed by atoms with Gasteiger partial charge in [-0.15, -0.1) is 6.58 Å². The highest BCUT2D eigenvalue weighted by atomic mass is 16.2. The van der Waals surface area contributed by atoms with E-state index < -0.39 is 0 Å². The van der Waals surface area contributed by atoms with Crippen LogP contribution in [0, 0.1) is 0 Å². The second-order valence-corrected chi connectivity index (χ2v) is 4.50. The van der Waals surface area contributed by atoms with Crippen molar-refractivity contribution in [3.63, 3.8) is 0 Å². The SMILES string of the molecule is C=CCNCC(=O)Nc1ccccc1CN(C)C(C)=O. The van der Waals surface area contributed by atoms with Crippen LogP contribution >= 0.6 is 0 Å². The third-order valence-corrected chi connectivity index (χ3v) is 2.81. The minimum Gasteiger partial charge on any atom is -0.342 e. The van der Waals surface area contributed by atoms with Gasteiger partial charge in [-0.1, -0.05) is 24.3 Å². The topological polar surface area (TPSA) is 61.4 Å². The van der Waals surface area contributed by atoms with Gasteiger partial charge in [0.25, 0.3) is 0 Å². The summed E-state index contributed by atoms with van der Waals surface area (Å²) in [6.45, 7) is 6.36. The lowest BCUT2D eigenvalue weighted by Crippen LogP contribution is -2.29. The number of nitrogens with one attached hydrogen (secondary N) is 2. The zero-order chi connectivity index (χ0) is 15.0. The molecule has 2 amide bonds. The summed E-state index contributed by atoms with van der Waals surface area (Å²) in [5.41, 5.74) is 1.63. The van der Waals surface area contributed by atoms with Crippen LogP contribution in [0.15, 0.2) is 36.9 Å². The van der Waals surface area contributed by atoms with E-state index in [-0.39, 0.29) is 18.4 Å². The summed E-state index contributed by atoms with van der Waals surface area (Å²) in [4.78, 5) is 24.6. The average Bonchev–Trinajstić information content (AvgIpc) is 2.41. The van der Waals surface area contributed by atoms with Crippen LogP contribution < -0.4 is 10.6 Å². The van der Waals surface area contributed by atoms with E-state index in [0.29, 0.717) is 13.1 Å². The summed E-state index contributed by atoms with van der Waals surface area (Å²) in [5.74, 6) is -0.136. The number of amides is 2. The predicted molar refractivity (Wildman–Crippen MR) is 80.3 cm³/mol. The summed E-state index contributed by atoms with van der Waals surface area (Å²) < 4.78 is 0. The van der Waals surface area contributed by atoms with Crippen LogP contribution in [-0.4, -0.2) is 36.9 Å². The van der Waals surface area contributed by atoms with Gasteiger partial charge in [-0.05, 0) is 11.6 Å². The number of carbonyl (C=O) groups is 2. The van der Waals surface area contributed by atoms with E-state index in [1.807, 2.05) is 24.3 Å². The molecule has 1 aromatic rings. The van der Waals surface area contributed by atoms with E-state index in [4.69, 9.17) is 0 Å². The molecule has 0 aliphatic carbocycles. The Balaban J connectivity index is 2.67. The quantitative estimate of drug-likeness (QED) is 0.584. The van der Waals surface area contributed by atoms with Crippen molar-refractivity contribution >= 4 is 17.5 Å². The Hall–Kier alpha value is -2.14. The summed E-state index contributed by atoms with van der Waals surface area (Å²) in [7, 11) is 1.73. The minimum atomic E-state index is -0.121. The number of hydrogen-bond acceptors (Lipinski definition) is 3. The predicted octanol–water partition coefficient (Wildman–Crippen LogP) is 1.38. The van der Waals surface area contributed by atoms with Gasteiger partial charge in [0.05, 0.1) is 6.54 Å². The fraction of sp³-hybridized carbons (Fsp3) is 0.333. The Bertz CT molecular complexity index is 486. The summed E-state index contributed by atoms with van der Waals surface area (Å²) in [6, 6.07) is 7.46.